The van der Waals surface area contributed by atoms with E-state index < -0.39 is 69.8 Å². The van der Waals surface area contributed by atoms with Crippen molar-refractivity contribution in [3.8, 4) is 0 Å². The molecule has 10 N–H and O–H groups in total. The average molecular weight is 915 g/mol. The van der Waals surface area contributed by atoms with E-state index >= 15 is 0 Å². The Bertz CT molecular complexity index is 2500. The van der Waals surface area contributed by atoms with Gasteiger partial charge in [0, 0.05) is 67.2 Å². The number of H-pyrrole nitrogens is 1. The van der Waals surface area contributed by atoms with Crippen LogP contribution in [0, 0.1) is 5.92 Å². The van der Waals surface area contributed by atoms with Gasteiger partial charge in [0.15, 0.2) is 5.96 Å². The maximum atomic E-state index is 14.4. The highest BCUT2D eigenvalue weighted by atomic mass is 32.2. The van der Waals surface area contributed by atoms with Crippen LogP contribution in [0.5, 0.6) is 0 Å². The summed E-state index contributed by atoms with van der Waals surface area (Å²) in [5.74, 6) is -3.93. The summed E-state index contributed by atoms with van der Waals surface area (Å²) >= 11 is 0. The average Bonchev–Trinajstić information content (AvgIpc) is 3.94. The number of aromatic amines is 1. The normalized spacial score (nSPS) is 17.5. The molecule has 3 aromatic carbocycles. The summed E-state index contributed by atoms with van der Waals surface area (Å²) in [7, 11) is -0.551. The highest BCUT2D eigenvalue weighted by Crippen LogP contribution is 2.32. The second kappa shape index (κ2) is 21.6. The number of sulfonamides is 1. The number of guanidine groups is 1. The summed E-state index contributed by atoms with van der Waals surface area (Å²) in [5, 5.41) is 20.2. The van der Waals surface area contributed by atoms with Crippen molar-refractivity contribution in [2.24, 2.45) is 22.4 Å². The SMILES string of the molecule is C[C@H](NC(=O)[C@H](CCCN=C(N)N)NC(=O)[C@H](CC1CCCCC1)NS(=O)(=O)c1cccc2c(N(C)C)cccc12)C(=O)N1CCC[C@H]1C(=O)N[C@@H](Cc1c[nH]c2ccccc12)C(=O)O. The number of hydrogen-bond donors (Lipinski definition) is 8. The van der Waals surface area contributed by atoms with Crippen molar-refractivity contribution >= 4 is 72.9 Å². The number of benzene rings is 3. The number of fused-ring (bicyclic) bond motifs is 2. The molecule has 1 aliphatic heterocycles. The zero-order valence-corrected chi connectivity index (χ0v) is 38.0. The Morgan fingerprint density at radius 1 is 0.846 bits per heavy atom. The number of carbonyl (C=O) groups excluding carboxylic acids is 4. The largest absolute Gasteiger partial charge is 0.480 e. The number of aliphatic imine (C=N–C) groups is 1. The van der Waals surface area contributed by atoms with Crippen molar-refractivity contribution < 1.29 is 37.5 Å². The number of likely N-dealkylation sites (tertiary alicyclic amines) is 1. The molecule has 0 bridgehead atoms. The first-order valence-corrected chi connectivity index (χ1v) is 23.8. The molecule has 0 unspecified atom stereocenters. The van der Waals surface area contributed by atoms with Crippen LogP contribution in [0.1, 0.15) is 76.7 Å². The molecule has 4 amide bonds. The van der Waals surface area contributed by atoms with Crippen LogP contribution in [-0.2, 0) is 40.4 Å². The lowest BCUT2D eigenvalue weighted by molar-refractivity contribution is -0.144. The fraction of sp³-hybridized carbons (Fsp3) is 0.478. The number of amides is 4. The van der Waals surface area contributed by atoms with Gasteiger partial charge in [0.1, 0.15) is 30.2 Å². The molecule has 19 heteroatoms. The highest BCUT2D eigenvalue weighted by Gasteiger charge is 2.39. The van der Waals surface area contributed by atoms with Gasteiger partial charge in [-0.3, -0.25) is 24.2 Å². The van der Waals surface area contributed by atoms with Gasteiger partial charge in [0.25, 0.3) is 0 Å². The fourth-order valence-corrected chi connectivity index (χ4v) is 10.5. The van der Waals surface area contributed by atoms with Crippen LogP contribution in [0.2, 0.25) is 0 Å². The number of carboxylic acids is 1. The number of aromatic nitrogens is 1. The number of nitrogens with one attached hydrogen (secondary N) is 5. The molecule has 6 rings (SSSR count). The van der Waals surface area contributed by atoms with Crippen LogP contribution < -0.4 is 37.0 Å². The van der Waals surface area contributed by atoms with Crippen LogP contribution in [0.4, 0.5) is 5.69 Å². The number of nitrogens with two attached hydrogens (primary N) is 2. The molecular weight excluding hydrogens is 853 g/mol. The number of hydrogen-bond acceptors (Lipinski definition) is 9. The molecule has 1 aliphatic carbocycles. The first-order valence-electron chi connectivity index (χ1n) is 22.3. The van der Waals surface area contributed by atoms with E-state index in [-0.39, 0.29) is 62.0 Å². The fourth-order valence-electron chi connectivity index (χ4n) is 9.07. The van der Waals surface area contributed by atoms with E-state index in [4.69, 9.17) is 11.5 Å². The van der Waals surface area contributed by atoms with Crippen LogP contribution in [-0.4, -0.2) is 116 Å². The predicted octanol–water partition coefficient (Wildman–Crippen LogP) is 2.85. The first-order chi connectivity index (χ1) is 31.0. The minimum Gasteiger partial charge on any atom is -0.480 e. The van der Waals surface area contributed by atoms with E-state index in [0.29, 0.717) is 17.4 Å². The van der Waals surface area contributed by atoms with Crippen molar-refractivity contribution in [2.75, 3.05) is 32.1 Å². The van der Waals surface area contributed by atoms with E-state index in [1.54, 1.807) is 24.4 Å². The Kier molecular flexibility index (Phi) is 16.1. The van der Waals surface area contributed by atoms with Gasteiger partial charge in [-0.2, -0.15) is 4.72 Å². The van der Waals surface area contributed by atoms with Gasteiger partial charge in [0.05, 0.1) is 4.90 Å². The molecule has 1 aromatic heterocycles. The van der Waals surface area contributed by atoms with Crippen molar-refractivity contribution in [3.63, 3.8) is 0 Å². The minimum atomic E-state index is -4.29. The molecule has 65 heavy (non-hydrogen) atoms. The molecule has 2 heterocycles. The van der Waals surface area contributed by atoms with Gasteiger partial charge in [-0.15, -0.1) is 0 Å². The maximum absolute atomic E-state index is 14.4. The van der Waals surface area contributed by atoms with Crippen molar-refractivity contribution in [1.82, 2.24) is 30.6 Å². The van der Waals surface area contributed by atoms with Gasteiger partial charge in [0.2, 0.25) is 33.7 Å². The molecule has 0 spiro atoms. The van der Waals surface area contributed by atoms with Crippen molar-refractivity contribution in [1.29, 1.82) is 0 Å². The number of para-hydroxylation sites is 1. The van der Waals surface area contributed by atoms with Gasteiger partial charge >= 0.3 is 5.97 Å². The van der Waals surface area contributed by atoms with E-state index in [0.717, 1.165) is 54.1 Å². The van der Waals surface area contributed by atoms with Crippen LogP contribution in [0.15, 0.2) is 76.7 Å². The predicted molar refractivity (Wildman–Crippen MR) is 249 cm³/mol. The Balaban J connectivity index is 1.17. The third kappa shape index (κ3) is 12.1. The van der Waals surface area contributed by atoms with Crippen LogP contribution in [0.3, 0.4) is 0 Å². The van der Waals surface area contributed by atoms with E-state index in [1.807, 2.05) is 55.4 Å². The minimum absolute atomic E-state index is 0.0122. The lowest BCUT2D eigenvalue weighted by Crippen LogP contribution is -2.58. The zero-order chi connectivity index (χ0) is 46.8. The Labute approximate surface area is 379 Å². The third-order valence-electron chi connectivity index (χ3n) is 12.4. The van der Waals surface area contributed by atoms with Gasteiger partial charge in [-0.25, -0.2) is 13.2 Å². The summed E-state index contributed by atoms with van der Waals surface area (Å²) < 4.78 is 31.3. The molecule has 5 atom stereocenters. The lowest BCUT2D eigenvalue weighted by Gasteiger charge is -2.30. The second-order valence-corrected chi connectivity index (χ2v) is 19.0. The number of carbonyl (C=O) groups is 5. The topological polar surface area (TPSA) is 275 Å². The van der Waals surface area contributed by atoms with Gasteiger partial charge < -0.3 is 47.3 Å². The maximum Gasteiger partial charge on any atom is 0.326 e. The zero-order valence-electron chi connectivity index (χ0n) is 37.2. The van der Waals surface area contributed by atoms with Crippen LogP contribution >= 0.6 is 0 Å². The number of nitrogens with zero attached hydrogens (tertiary/aromatic N) is 3. The molecule has 1 saturated carbocycles. The molecule has 2 aliphatic rings. The Morgan fingerprint density at radius 3 is 2.26 bits per heavy atom. The molecule has 18 nitrogen and oxygen atoms in total. The number of carboxylic acid groups (broad SMARTS) is 1. The highest BCUT2D eigenvalue weighted by molar-refractivity contribution is 7.89. The summed E-state index contributed by atoms with van der Waals surface area (Å²) in [6.45, 7) is 1.80. The lowest BCUT2D eigenvalue weighted by atomic mass is 9.85. The quantitative estimate of drug-likeness (QED) is 0.0363. The number of rotatable bonds is 20. The molecule has 0 radical (unpaired) electrons. The molecule has 2 fully saturated rings. The van der Waals surface area contributed by atoms with Crippen LogP contribution in [0.25, 0.3) is 21.7 Å². The monoisotopic (exact) mass is 914 g/mol. The molecule has 1 saturated heterocycles. The summed E-state index contributed by atoms with van der Waals surface area (Å²) in [5.41, 5.74) is 13.4. The van der Waals surface area contributed by atoms with Crippen molar-refractivity contribution in [2.45, 2.75) is 113 Å². The van der Waals surface area contributed by atoms with E-state index in [1.165, 1.54) is 17.9 Å². The summed E-state index contributed by atoms with van der Waals surface area (Å²) in [6.07, 6.45) is 7.58. The second-order valence-electron chi connectivity index (χ2n) is 17.3. The first kappa shape index (κ1) is 48.3. The van der Waals surface area contributed by atoms with Crippen molar-refractivity contribution in [3.05, 3.63) is 72.4 Å². The molecule has 350 valence electrons. The Hall–Kier alpha value is -6.21. The molecule has 4 aromatic rings. The van der Waals surface area contributed by atoms with Gasteiger partial charge in [-0.1, -0.05) is 74.6 Å². The van der Waals surface area contributed by atoms with E-state index in [2.05, 4.69) is 30.6 Å². The summed E-state index contributed by atoms with van der Waals surface area (Å²) in [6, 6.07) is 11.9. The van der Waals surface area contributed by atoms with Gasteiger partial charge in [-0.05, 0) is 68.7 Å². The molecular formula is C46H62N10O8S. The van der Waals surface area contributed by atoms with E-state index in [9.17, 15) is 37.5 Å². The smallest absolute Gasteiger partial charge is 0.326 e. The number of aliphatic carboxylic acids is 1. The standard InChI is InChI=1S/C46H62N10O8S/c1-28(44(60)56-24-12-21-39(56)43(59)53-37(45(61)62)26-30-27-50-34-18-8-7-15-31(30)34)51-41(57)35(19-11-23-49-46(47)48)52-42(58)36(25-29-13-5-4-6-14-29)54-65(63,64)40-22-10-16-32-33(40)17-9-20-38(32)55(2)3/h7-10,15-18,20,22,27-29,35-37,39,50,54H,4-6,11-14,19,21,23-26H2,1-3H3,(H,51,57)(H,52,58)(H,53,59)(H,61,62)(H4,47,48,49)/t28-,35-,36-,37-,39-/m0/s1. The number of anilines is 1. The third-order valence-corrected chi connectivity index (χ3v) is 13.9. The summed E-state index contributed by atoms with van der Waals surface area (Å²) in [4.78, 5) is 78.8. The Morgan fingerprint density at radius 2 is 1.54 bits per heavy atom.